The molecular weight excluding hydrogens is 368 g/mol. The van der Waals surface area contributed by atoms with Crippen molar-refractivity contribution >= 4 is 11.2 Å². The molecule has 0 atom stereocenters. The maximum atomic E-state index is 12.7. The summed E-state index contributed by atoms with van der Waals surface area (Å²) in [5.74, 6) is 0.555. The third-order valence-electron chi connectivity index (χ3n) is 5.20. The van der Waals surface area contributed by atoms with E-state index in [-0.39, 0.29) is 0 Å². The molecule has 29 heavy (non-hydrogen) atoms. The summed E-state index contributed by atoms with van der Waals surface area (Å²) in [6, 6.07) is 12.1. The molecule has 3 aromatic heterocycles. The fraction of sp³-hybridized carbons (Fsp3) is 0.333. The number of imidazole rings is 1. The molecule has 0 fully saturated rings. The van der Waals surface area contributed by atoms with Crippen LogP contribution in [0, 0.1) is 0 Å². The van der Waals surface area contributed by atoms with Gasteiger partial charge in [0.15, 0.2) is 11.2 Å². The summed E-state index contributed by atoms with van der Waals surface area (Å²) in [6.07, 6.45) is 2.32. The smallest absolute Gasteiger partial charge is 0.302 e. The van der Waals surface area contributed by atoms with Crippen molar-refractivity contribution in [3.63, 3.8) is 0 Å². The molecule has 0 unspecified atom stereocenters. The number of aromatic nitrogens is 6. The van der Waals surface area contributed by atoms with Crippen LogP contribution in [0.3, 0.4) is 0 Å². The van der Waals surface area contributed by atoms with Gasteiger partial charge in [-0.25, -0.2) is 9.48 Å². The lowest BCUT2D eigenvalue weighted by Crippen LogP contribution is -2.29. The van der Waals surface area contributed by atoms with Crippen LogP contribution in [0.2, 0.25) is 0 Å². The Balaban J connectivity index is 1.94. The molecule has 4 rings (SSSR count). The van der Waals surface area contributed by atoms with Gasteiger partial charge in [-0.1, -0.05) is 44.2 Å². The number of H-pyrrole nitrogens is 1. The van der Waals surface area contributed by atoms with Gasteiger partial charge in [-0.15, -0.1) is 0 Å². The average Bonchev–Trinajstić information content (AvgIpc) is 3.32. The first kappa shape index (κ1) is 18.9. The number of aromatic amines is 1. The fourth-order valence-electron chi connectivity index (χ4n) is 3.55. The highest BCUT2D eigenvalue weighted by molar-refractivity contribution is 5.72. The summed E-state index contributed by atoms with van der Waals surface area (Å²) in [7, 11) is 1.61. The molecule has 0 aliphatic rings. The van der Waals surface area contributed by atoms with Crippen LogP contribution in [0.1, 0.15) is 30.8 Å². The minimum absolute atomic E-state index is 0.359. The number of nitrogens with one attached hydrogen (secondary N) is 1. The largest absolute Gasteiger partial charge is 0.329 e. The highest BCUT2D eigenvalue weighted by atomic mass is 16.2. The topological polar surface area (TPSA) is 90.5 Å². The van der Waals surface area contributed by atoms with Gasteiger partial charge in [0, 0.05) is 19.3 Å². The van der Waals surface area contributed by atoms with Gasteiger partial charge >= 0.3 is 5.69 Å². The monoisotopic (exact) mass is 392 g/mol. The summed E-state index contributed by atoms with van der Waals surface area (Å²) in [5.41, 5.74) is 2.96. The van der Waals surface area contributed by atoms with E-state index in [0.29, 0.717) is 23.7 Å². The molecule has 1 N–H and O–H groups in total. The zero-order valence-corrected chi connectivity index (χ0v) is 16.8. The van der Waals surface area contributed by atoms with Gasteiger partial charge in [0.1, 0.15) is 0 Å². The molecule has 0 aliphatic heterocycles. The van der Waals surface area contributed by atoms with Crippen LogP contribution in [0.4, 0.5) is 0 Å². The predicted octanol–water partition coefficient (Wildman–Crippen LogP) is 1.98. The minimum Gasteiger partial charge on any atom is -0.302 e. The lowest BCUT2D eigenvalue weighted by molar-refractivity contribution is 0.645. The van der Waals surface area contributed by atoms with Gasteiger partial charge in [0.05, 0.1) is 5.69 Å². The predicted molar refractivity (Wildman–Crippen MR) is 112 cm³/mol. The Hall–Kier alpha value is -3.42. The van der Waals surface area contributed by atoms with Crippen molar-refractivity contribution in [1.82, 2.24) is 28.9 Å². The van der Waals surface area contributed by atoms with Crippen molar-refractivity contribution in [3.8, 4) is 5.95 Å². The van der Waals surface area contributed by atoms with Crippen molar-refractivity contribution in [2.75, 3.05) is 0 Å². The molecule has 3 heterocycles. The number of aryl methyl sites for hydroxylation is 5. The fourth-order valence-corrected chi connectivity index (χ4v) is 3.55. The van der Waals surface area contributed by atoms with E-state index >= 15 is 0 Å². The molecule has 0 amide bonds. The van der Waals surface area contributed by atoms with E-state index in [9.17, 15) is 9.59 Å². The molecule has 0 bridgehead atoms. The van der Waals surface area contributed by atoms with Crippen molar-refractivity contribution in [2.24, 2.45) is 7.05 Å². The lowest BCUT2D eigenvalue weighted by atomic mass is 10.1. The van der Waals surface area contributed by atoms with Crippen LogP contribution >= 0.6 is 0 Å². The van der Waals surface area contributed by atoms with Gasteiger partial charge in [-0.05, 0) is 30.9 Å². The Morgan fingerprint density at radius 3 is 2.52 bits per heavy atom. The highest BCUT2D eigenvalue weighted by Gasteiger charge is 2.21. The van der Waals surface area contributed by atoms with E-state index in [1.807, 2.05) is 22.8 Å². The van der Waals surface area contributed by atoms with Crippen LogP contribution in [-0.4, -0.2) is 28.9 Å². The molecule has 0 saturated heterocycles. The normalized spacial score (nSPS) is 11.4. The van der Waals surface area contributed by atoms with Crippen LogP contribution in [0.15, 0.2) is 46.0 Å². The SMILES string of the molecule is CCc1cc(CC)n(-c2nc3c(c(=O)[nH]c(=O)n3C)n2CCc2ccccc2)n1. The van der Waals surface area contributed by atoms with Gasteiger partial charge in [-0.3, -0.25) is 14.3 Å². The summed E-state index contributed by atoms with van der Waals surface area (Å²) >= 11 is 0. The minimum atomic E-state index is -0.479. The Bertz CT molecular complexity index is 1280. The van der Waals surface area contributed by atoms with Crippen molar-refractivity contribution in [1.29, 1.82) is 0 Å². The number of hydrogen-bond donors (Lipinski definition) is 1. The van der Waals surface area contributed by atoms with E-state index in [1.165, 1.54) is 4.57 Å². The first-order valence-corrected chi connectivity index (χ1v) is 9.85. The summed E-state index contributed by atoms with van der Waals surface area (Å²) in [5, 5.41) is 4.70. The number of nitrogens with zero attached hydrogens (tertiary/aromatic N) is 5. The van der Waals surface area contributed by atoms with Gasteiger partial charge in [0.2, 0.25) is 5.95 Å². The molecule has 8 nitrogen and oxygen atoms in total. The maximum absolute atomic E-state index is 12.7. The molecular formula is C21H24N6O2. The number of hydrogen-bond acceptors (Lipinski definition) is 4. The molecule has 0 saturated carbocycles. The van der Waals surface area contributed by atoms with Crippen LogP contribution in [-0.2, 0) is 32.9 Å². The average molecular weight is 392 g/mol. The second kappa shape index (κ2) is 7.54. The van der Waals surface area contributed by atoms with E-state index in [0.717, 1.165) is 36.2 Å². The van der Waals surface area contributed by atoms with E-state index in [2.05, 4.69) is 42.0 Å². The van der Waals surface area contributed by atoms with E-state index in [1.54, 1.807) is 11.7 Å². The summed E-state index contributed by atoms with van der Waals surface area (Å²) in [6.45, 7) is 4.66. The Labute approximate surface area is 167 Å². The standard InChI is InChI=1S/C21H24N6O2/c1-4-15-13-16(5-2)27(24-15)20-22-18-17(19(28)23-21(29)25(18)3)26(20)12-11-14-9-7-6-8-10-14/h6-10,13H,4-5,11-12H2,1-3H3,(H,23,28,29). The third-order valence-corrected chi connectivity index (χ3v) is 5.20. The van der Waals surface area contributed by atoms with E-state index in [4.69, 9.17) is 5.10 Å². The number of benzene rings is 1. The van der Waals surface area contributed by atoms with Crippen molar-refractivity contribution < 1.29 is 0 Å². The third kappa shape index (κ3) is 3.30. The Morgan fingerprint density at radius 2 is 1.83 bits per heavy atom. The first-order valence-electron chi connectivity index (χ1n) is 9.85. The first-order chi connectivity index (χ1) is 14.0. The highest BCUT2D eigenvalue weighted by Crippen LogP contribution is 2.19. The number of fused-ring (bicyclic) bond motifs is 1. The van der Waals surface area contributed by atoms with E-state index < -0.39 is 11.2 Å². The molecule has 4 aromatic rings. The maximum Gasteiger partial charge on any atom is 0.329 e. The molecule has 0 spiro atoms. The quantitative estimate of drug-likeness (QED) is 0.543. The molecule has 0 aliphatic carbocycles. The second-order valence-corrected chi connectivity index (χ2v) is 7.04. The Morgan fingerprint density at radius 1 is 1.07 bits per heavy atom. The summed E-state index contributed by atoms with van der Waals surface area (Å²) in [4.78, 5) is 31.9. The van der Waals surface area contributed by atoms with Crippen molar-refractivity contribution in [3.05, 3.63) is 74.2 Å². The van der Waals surface area contributed by atoms with Crippen molar-refractivity contribution in [2.45, 2.75) is 39.7 Å². The molecule has 0 radical (unpaired) electrons. The van der Waals surface area contributed by atoms with Gasteiger partial charge < -0.3 is 4.57 Å². The molecule has 8 heteroatoms. The zero-order chi connectivity index (χ0) is 20.5. The van der Waals surface area contributed by atoms with Crippen LogP contribution < -0.4 is 11.2 Å². The number of rotatable bonds is 6. The molecule has 1 aromatic carbocycles. The van der Waals surface area contributed by atoms with Crippen LogP contribution in [0.5, 0.6) is 0 Å². The summed E-state index contributed by atoms with van der Waals surface area (Å²) < 4.78 is 5.04. The van der Waals surface area contributed by atoms with Gasteiger partial charge in [0.25, 0.3) is 5.56 Å². The lowest BCUT2D eigenvalue weighted by Gasteiger charge is -2.10. The molecule has 150 valence electrons. The Kier molecular flexibility index (Phi) is 4.92. The van der Waals surface area contributed by atoms with Gasteiger partial charge in [-0.2, -0.15) is 10.1 Å². The van der Waals surface area contributed by atoms with Crippen LogP contribution in [0.25, 0.3) is 17.1 Å². The zero-order valence-electron chi connectivity index (χ0n) is 16.8. The second-order valence-electron chi connectivity index (χ2n) is 7.04.